The van der Waals surface area contributed by atoms with Crippen LogP contribution in [0.1, 0.15) is 45.2 Å². The topological polar surface area (TPSA) is 21.3 Å². The van der Waals surface area contributed by atoms with Gasteiger partial charge >= 0.3 is 0 Å². The highest BCUT2D eigenvalue weighted by atomic mass is 16.5. The highest BCUT2D eigenvalue weighted by Gasteiger charge is 2.15. The van der Waals surface area contributed by atoms with Crippen molar-refractivity contribution < 1.29 is 4.74 Å². The lowest BCUT2D eigenvalue weighted by Gasteiger charge is -2.27. The van der Waals surface area contributed by atoms with Gasteiger partial charge in [-0.25, -0.2) is 0 Å². The Morgan fingerprint density at radius 3 is 2.44 bits per heavy atom. The SMILES string of the molecule is CCC(C)(C)NCC(C)Oc1ccc(C)c(C)c1. The third kappa shape index (κ3) is 4.69. The first-order chi connectivity index (χ1) is 8.34. The van der Waals surface area contributed by atoms with Crippen molar-refractivity contribution >= 4 is 0 Å². The Morgan fingerprint density at radius 2 is 1.89 bits per heavy atom. The molecule has 0 amide bonds. The monoisotopic (exact) mass is 249 g/mol. The molecule has 0 spiro atoms. The smallest absolute Gasteiger partial charge is 0.120 e. The lowest BCUT2D eigenvalue weighted by Crippen LogP contribution is -2.43. The molecule has 0 saturated carbocycles. The van der Waals surface area contributed by atoms with Crippen LogP contribution in [0.4, 0.5) is 0 Å². The predicted molar refractivity (Wildman–Crippen MR) is 78.4 cm³/mol. The Labute approximate surface area is 112 Å². The summed E-state index contributed by atoms with van der Waals surface area (Å²) < 4.78 is 5.93. The second-order valence-corrected chi connectivity index (χ2v) is 5.79. The van der Waals surface area contributed by atoms with E-state index in [1.54, 1.807) is 0 Å². The molecule has 1 N–H and O–H groups in total. The largest absolute Gasteiger partial charge is 0.489 e. The van der Waals surface area contributed by atoms with Gasteiger partial charge in [0, 0.05) is 12.1 Å². The van der Waals surface area contributed by atoms with Gasteiger partial charge < -0.3 is 10.1 Å². The Morgan fingerprint density at radius 1 is 1.22 bits per heavy atom. The van der Waals surface area contributed by atoms with Gasteiger partial charge in [0.25, 0.3) is 0 Å². The van der Waals surface area contributed by atoms with Crippen LogP contribution in [0.3, 0.4) is 0 Å². The quantitative estimate of drug-likeness (QED) is 0.827. The zero-order valence-corrected chi connectivity index (χ0v) is 12.6. The van der Waals surface area contributed by atoms with Crippen LogP contribution in [0.5, 0.6) is 5.75 Å². The maximum atomic E-state index is 5.93. The molecule has 0 heterocycles. The van der Waals surface area contributed by atoms with Crippen molar-refractivity contribution in [2.75, 3.05) is 6.54 Å². The van der Waals surface area contributed by atoms with E-state index in [1.165, 1.54) is 11.1 Å². The molecular formula is C16H27NO. The van der Waals surface area contributed by atoms with Crippen LogP contribution >= 0.6 is 0 Å². The summed E-state index contributed by atoms with van der Waals surface area (Å²) in [5, 5.41) is 3.53. The standard InChI is InChI=1S/C16H27NO/c1-7-16(5,6)17-11-14(4)18-15-9-8-12(2)13(3)10-15/h8-10,14,17H,7,11H2,1-6H3. The van der Waals surface area contributed by atoms with E-state index >= 15 is 0 Å². The molecule has 1 aromatic carbocycles. The summed E-state index contributed by atoms with van der Waals surface area (Å²) in [5.74, 6) is 0.960. The van der Waals surface area contributed by atoms with Crippen molar-refractivity contribution in [2.45, 2.75) is 59.6 Å². The number of aryl methyl sites for hydroxylation is 2. The van der Waals surface area contributed by atoms with Crippen molar-refractivity contribution in [1.29, 1.82) is 0 Å². The van der Waals surface area contributed by atoms with Gasteiger partial charge in [0.15, 0.2) is 0 Å². The maximum absolute atomic E-state index is 5.93. The molecule has 0 aliphatic carbocycles. The van der Waals surface area contributed by atoms with E-state index in [0.29, 0.717) is 0 Å². The molecule has 0 aromatic heterocycles. The van der Waals surface area contributed by atoms with E-state index in [2.05, 4.69) is 59.0 Å². The minimum atomic E-state index is 0.179. The van der Waals surface area contributed by atoms with Crippen LogP contribution in [0, 0.1) is 13.8 Å². The fraction of sp³-hybridized carbons (Fsp3) is 0.625. The normalized spacial score (nSPS) is 13.4. The molecule has 2 nitrogen and oxygen atoms in total. The molecule has 0 aliphatic heterocycles. The van der Waals surface area contributed by atoms with E-state index in [0.717, 1.165) is 18.7 Å². The molecule has 102 valence electrons. The molecule has 18 heavy (non-hydrogen) atoms. The number of benzene rings is 1. The van der Waals surface area contributed by atoms with Gasteiger partial charge in [-0.15, -0.1) is 0 Å². The zero-order valence-electron chi connectivity index (χ0n) is 12.6. The van der Waals surface area contributed by atoms with Gasteiger partial charge in [-0.3, -0.25) is 0 Å². The van der Waals surface area contributed by atoms with Crippen LogP contribution < -0.4 is 10.1 Å². The van der Waals surface area contributed by atoms with Crippen molar-refractivity contribution in [3.63, 3.8) is 0 Å². The van der Waals surface area contributed by atoms with Crippen LogP contribution in [0.25, 0.3) is 0 Å². The number of hydrogen-bond acceptors (Lipinski definition) is 2. The Bertz CT molecular complexity index is 385. The van der Waals surface area contributed by atoms with Crippen molar-refractivity contribution in [3.8, 4) is 5.75 Å². The fourth-order valence-electron chi connectivity index (χ4n) is 1.61. The van der Waals surface area contributed by atoms with Gasteiger partial charge in [0.2, 0.25) is 0 Å². The van der Waals surface area contributed by atoms with Gasteiger partial charge in [0.05, 0.1) is 0 Å². The first-order valence-electron chi connectivity index (χ1n) is 6.83. The van der Waals surface area contributed by atoms with Crippen LogP contribution in [0.2, 0.25) is 0 Å². The average Bonchev–Trinajstić information content (AvgIpc) is 2.32. The van der Waals surface area contributed by atoms with Crippen molar-refractivity contribution in [1.82, 2.24) is 5.32 Å². The fourth-order valence-corrected chi connectivity index (χ4v) is 1.61. The zero-order chi connectivity index (χ0) is 13.8. The number of rotatable bonds is 6. The minimum absolute atomic E-state index is 0.179. The molecular weight excluding hydrogens is 222 g/mol. The maximum Gasteiger partial charge on any atom is 0.120 e. The van der Waals surface area contributed by atoms with Crippen molar-refractivity contribution in [3.05, 3.63) is 29.3 Å². The number of hydrogen-bond donors (Lipinski definition) is 1. The summed E-state index contributed by atoms with van der Waals surface area (Å²) in [6.45, 7) is 13.8. The molecule has 2 heteroatoms. The Balaban J connectivity index is 2.49. The third-order valence-electron chi connectivity index (χ3n) is 3.57. The molecule has 0 saturated heterocycles. The van der Waals surface area contributed by atoms with E-state index < -0.39 is 0 Å². The highest BCUT2D eigenvalue weighted by molar-refractivity contribution is 5.33. The van der Waals surface area contributed by atoms with Gasteiger partial charge in [0.1, 0.15) is 11.9 Å². The van der Waals surface area contributed by atoms with Gasteiger partial charge in [-0.05, 0) is 64.3 Å². The first kappa shape index (κ1) is 15.0. The highest BCUT2D eigenvalue weighted by Crippen LogP contribution is 2.17. The first-order valence-corrected chi connectivity index (χ1v) is 6.83. The molecule has 1 rings (SSSR count). The van der Waals surface area contributed by atoms with E-state index in [4.69, 9.17) is 4.74 Å². The Kier molecular flexibility index (Phi) is 5.21. The lowest BCUT2D eigenvalue weighted by molar-refractivity contribution is 0.199. The predicted octanol–water partition coefficient (Wildman–Crippen LogP) is 3.85. The Hall–Kier alpha value is -1.02. The van der Waals surface area contributed by atoms with Gasteiger partial charge in [-0.1, -0.05) is 13.0 Å². The number of nitrogens with one attached hydrogen (secondary N) is 1. The summed E-state index contributed by atoms with van der Waals surface area (Å²) in [5.41, 5.74) is 2.77. The van der Waals surface area contributed by atoms with Crippen LogP contribution in [0.15, 0.2) is 18.2 Å². The summed E-state index contributed by atoms with van der Waals surface area (Å²) in [6, 6.07) is 6.27. The molecule has 1 aromatic rings. The average molecular weight is 249 g/mol. The van der Waals surface area contributed by atoms with Gasteiger partial charge in [-0.2, -0.15) is 0 Å². The second kappa shape index (κ2) is 6.24. The van der Waals surface area contributed by atoms with E-state index in [9.17, 15) is 0 Å². The third-order valence-corrected chi connectivity index (χ3v) is 3.57. The summed E-state index contributed by atoms with van der Waals surface area (Å²) in [7, 11) is 0. The molecule has 0 fully saturated rings. The summed E-state index contributed by atoms with van der Waals surface area (Å²) >= 11 is 0. The number of ether oxygens (including phenoxy) is 1. The molecule has 0 radical (unpaired) electrons. The van der Waals surface area contributed by atoms with E-state index in [-0.39, 0.29) is 11.6 Å². The lowest BCUT2D eigenvalue weighted by atomic mass is 10.0. The second-order valence-electron chi connectivity index (χ2n) is 5.79. The molecule has 1 atom stereocenters. The van der Waals surface area contributed by atoms with Crippen molar-refractivity contribution in [2.24, 2.45) is 0 Å². The van der Waals surface area contributed by atoms with E-state index in [1.807, 2.05) is 6.07 Å². The minimum Gasteiger partial charge on any atom is -0.489 e. The molecule has 0 bridgehead atoms. The molecule has 1 unspecified atom stereocenters. The summed E-state index contributed by atoms with van der Waals surface area (Å²) in [4.78, 5) is 0. The van der Waals surface area contributed by atoms with Crippen LogP contribution in [-0.2, 0) is 0 Å². The molecule has 0 aliphatic rings. The summed E-state index contributed by atoms with van der Waals surface area (Å²) in [6.07, 6.45) is 1.29. The van der Waals surface area contributed by atoms with Crippen LogP contribution in [-0.4, -0.2) is 18.2 Å².